The number of amides is 1. The quantitative estimate of drug-likeness (QED) is 0.388. The fraction of sp³-hybridized carbons (Fsp3) is 0.577. The maximum atomic E-state index is 14.1. The van der Waals surface area contributed by atoms with Crippen molar-refractivity contribution in [3.8, 4) is 0 Å². The number of nitrogens with one attached hydrogen (secondary N) is 1. The van der Waals surface area contributed by atoms with Gasteiger partial charge in [-0.1, -0.05) is 75.8 Å². The zero-order chi connectivity index (χ0) is 23.4. The average molecular weight is 449 g/mol. The van der Waals surface area contributed by atoms with Crippen molar-refractivity contribution in [3.05, 3.63) is 47.5 Å². The van der Waals surface area contributed by atoms with Crippen molar-refractivity contribution in [1.29, 1.82) is 0 Å². The van der Waals surface area contributed by atoms with E-state index in [-0.39, 0.29) is 17.9 Å². The Labute approximate surface area is 189 Å². The van der Waals surface area contributed by atoms with Gasteiger partial charge in [0.1, 0.15) is 0 Å². The number of rotatable bonds is 10. The summed E-state index contributed by atoms with van der Waals surface area (Å²) in [6, 6.07) is 9.04. The van der Waals surface area contributed by atoms with Crippen LogP contribution in [0.2, 0.25) is 0 Å². The van der Waals surface area contributed by atoms with Crippen molar-refractivity contribution in [3.63, 3.8) is 0 Å². The van der Waals surface area contributed by atoms with E-state index in [4.69, 9.17) is 0 Å². The van der Waals surface area contributed by atoms with Gasteiger partial charge in [-0.25, -0.2) is 0 Å². The van der Waals surface area contributed by atoms with E-state index in [1.807, 2.05) is 12.1 Å². The van der Waals surface area contributed by atoms with Gasteiger partial charge in [0.05, 0.1) is 0 Å². The van der Waals surface area contributed by atoms with Crippen LogP contribution in [0.3, 0.4) is 0 Å². The summed E-state index contributed by atoms with van der Waals surface area (Å²) in [6.45, 7) is 5.53. The summed E-state index contributed by atoms with van der Waals surface area (Å²) < 4.78 is 42.2. The topological polar surface area (TPSA) is 32.3 Å². The SMILES string of the molecule is CCCCCCCCCc1ccc2cc(C(N3NC(=O)CC3(C)C)C(F)(F)F)ccc2c1. The van der Waals surface area contributed by atoms with Crippen LogP contribution in [-0.2, 0) is 11.2 Å². The van der Waals surface area contributed by atoms with E-state index in [0.29, 0.717) is 0 Å². The van der Waals surface area contributed by atoms with E-state index in [1.54, 1.807) is 32.0 Å². The standard InChI is InChI=1S/C26H35F3N2O/c1-4-5-6-7-8-9-10-11-19-12-13-21-17-22(15-14-20(21)16-19)24(26(27,28)29)31-25(2,3)18-23(32)30-31/h12-17,24H,4-11,18H2,1-3H3,(H,30,32). The molecule has 1 heterocycles. The maximum Gasteiger partial charge on any atom is 0.409 e. The van der Waals surface area contributed by atoms with Gasteiger partial charge < -0.3 is 0 Å². The third kappa shape index (κ3) is 6.03. The molecule has 32 heavy (non-hydrogen) atoms. The van der Waals surface area contributed by atoms with E-state index in [9.17, 15) is 18.0 Å². The number of hydrogen-bond donors (Lipinski definition) is 1. The minimum absolute atomic E-state index is 0.0368. The van der Waals surface area contributed by atoms with Crippen molar-refractivity contribution in [2.45, 2.75) is 96.3 Å². The van der Waals surface area contributed by atoms with E-state index in [1.165, 1.54) is 44.1 Å². The summed E-state index contributed by atoms with van der Waals surface area (Å²) in [7, 11) is 0. The van der Waals surface area contributed by atoms with E-state index >= 15 is 0 Å². The lowest BCUT2D eigenvalue weighted by Crippen LogP contribution is -2.51. The van der Waals surface area contributed by atoms with Gasteiger partial charge in [0.25, 0.3) is 0 Å². The molecule has 1 aliphatic rings. The Kier molecular flexibility index (Phi) is 7.86. The summed E-state index contributed by atoms with van der Waals surface area (Å²) in [5, 5.41) is 2.79. The monoisotopic (exact) mass is 448 g/mol. The molecule has 2 aromatic carbocycles. The van der Waals surface area contributed by atoms with Crippen molar-refractivity contribution < 1.29 is 18.0 Å². The highest BCUT2D eigenvalue weighted by molar-refractivity contribution is 5.84. The Hall–Kier alpha value is -2.08. The molecule has 0 saturated carbocycles. The molecular weight excluding hydrogens is 413 g/mol. The van der Waals surface area contributed by atoms with Crippen molar-refractivity contribution in [1.82, 2.24) is 10.4 Å². The smallest absolute Gasteiger partial charge is 0.287 e. The zero-order valence-corrected chi connectivity index (χ0v) is 19.4. The Morgan fingerprint density at radius 3 is 2.22 bits per heavy atom. The number of hydrazine groups is 1. The molecule has 1 atom stereocenters. The molecule has 1 saturated heterocycles. The summed E-state index contributed by atoms with van der Waals surface area (Å²) in [5.41, 5.74) is 2.86. The minimum Gasteiger partial charge on any atom is -0.287 e. The summed E-state index contributed by atoms with van der Waals surface area (Å²) in [6.07, 6.45) is 5.30. The highest BCUT2D eigenvalue weighted by Gasteiger charge is 2.52. The molecule has 176 valence electrons. The number of fused-ring (bicyclic) bond motifs is 1. The molecule has 1 unspecified atom stereocenters. The highest BCUT2D eigenvalue weighted by Crippen LogP contribution is 2.43. The Bertz CT molecular complexity index is 923. The molecule has 0 spiro atoms. The third-order valence-corrected chi connectivity index (χ3v) is 6.37. The number of unbranched alkanes of at least 4 members (excludes halogenated alkanes) is 6. The third-order valence-electron chi connectivity index (χ3n) is 6.37. The first-order valence-corrected chi connectivity index (χ1v) is 11.8. The Morgan fingerprint density at radius 2 is 1.59 bits per heavy atom. The lowest BCUT2D eigenvalue weighted by atomic mass is 9.95. The molecule has 3 nitrogen and oxygen atoms in total. The van der Waals surface area contributed by atoms with Crippen molar-refractivity contribution >= 4 is 16.7 Å². The second kappa shape index (κ2) is 10.2. The van der Waals surface area contributed by atoms with Crippen LogP contribution in [0, 0.1) is 0 Å². The van der Waals surface area contributed by atoms with Gasteiger partial charge in [0.15, 0.2) is 6.04 Å². The molecule has 2 aromatic rings. The number of alkyl halides is 3. The number of aryl methyl sites for hydroxylation is 1. The molecule has 3 rings (SSSR count). The second-order valence-electron chi connectivity index (χ2n) is 9.65. The first-order chi connectivity index (χ1) is 15.1. The van der Waals surface area contributed by atoms with Crippen LogP contribution in [-0.4, -0.2) is 22.6 Å². The van der Waals surface area contributed by atoms with Gasteiger partial charge in [-0.15, -0.1) is 0 Å². The predicted octanol–water partition coefficient (Wildman–Crippen LogP) is 7.25. The van der Waals surface area contributed by atoms with Gasteiger partial charge in [0.2, 0.25) is 5.91 Å². The largest absolute Gasteiger partial charge is 0.409 e. The lowest BCUT2D eigenvalue weighted by molar-refractivity contribution is -0.203. The van der Waals surface area contributed by atoms with Crippen LogP contribution < -0.4 is 5.43 Å². The average Bonchev–Trinajstić information content (AvgIpc) is 2.98. The maximum absolute atomic E-state index is 14.1. The van der Waals surface area contributed by atoms with Gasteiger partial charge >= 0.3 is 6.18 Å². The second-order valence-corrected chi connectivity index (χ2v) is 9.65. The van der Waals surface area contributed by atoms with Gasteiger partial charge in [-0.05, 0) is 54.7 Å². The van der Waals surface area contributed by atoms with Gasteiger partial charge in [-0.3, -0.25) is 10.2 Å². The normalized spacial score (nSPS) is 17.6. The molecule has 0 aromatic heterocycles. The van der Waals surface area contributed by atoms with Crippen LogP contribution in [0.25, 0.3) is 10.8 Å². The van der Waals surface area contributed by atoms with Crippen LogP contribution >= 0.6 is 0 Å². The lowest BCUT2D eigenvalue weighted by Gasteiger charge is -2.38. The number of benzene rings is 2. The zero-order valence-electron chi connectivity index (χ0n) is 19.4. The number of hydrogen-bond acceptors (Lipinski definition) is 2. The first-order valence-electron chi connectivity index (χ1n) is 11.8. The molecule has 1 fully saturated rings. The van der Waals surface area contributed by atoms with Gasteiger partial charge in [-0.2, -0.15) is 18.2 Å². The van der Waals surface area contributed by atoms with E-state index in [2.05, 4.69) is 18.4 Å². The predicted molar refractivity (Wildman–Crippen MR) is 123 cm³/mol. The molecule has 6 heteroatoms. The minimum atomic E-state index is -4.51. The molecule has 1 aliphatic heterocycles. The number of halogens is 3. The number of nitrogens with zero attached hydrogens (tertiary/aromatic N) is 1. The molecule has 0 bridgehead atoms. The van der Waals surface area contributed by atoms with Crippen molar-refractivity contribution in [2.75, 3.05) is 0 Å². The summed E-state index contributed by atoms with van der Waals surface area (Å²) in [5.74, 6) is -0.389. The number of carbonyl (C=O) groups is 1. The van der Waals surface area contributed by atoms with Gasteiger partial charge in [0, 0.05) is 12.0 Å². The highest BCUT2D eigenvalue weighted by atomic mass is 19.4. The first kappa shape index (κ1) is 24.6. The fourth-order valence-electron chi connectivity index (χ4n) is 4.63. The molecule has 0 aliphatic carbocycles. The summed E-state index contributed by atoms with van der Waals surface area (Å²) in [4.78, 5) is 11.8. The molecule has 1 amide bonds. The molecule has 0 radical (unpaired) electrons. The molecule has 1 N–H and O–H groups in total. The van der Waals surface area contributed by atoms with Crippen LogP contribution in [0.5, 0.6) is 0 Å². The number of carbonyl (C=O) groups excluding carboxylic acids is 1. The Balaban J connectivity index is 1.73. The molecular formula is C26H35F3N2O. The summed E-state index contributed by atoms with van der Waals surface area (Å²) >= 11 is 0. The van der Waals surface area contributed by atoms with Crippen LogP contribution in [0.15, 0.2) is 36.4 Å². The van der Waals surface area contributed by atoms with Crippen LogP contribution in [0.4, 0.5) is 13.2 Å². The van der Waals surface area contributed by atoms with Crippen LogP contribution in [0.1, 0.15) is 89.3 Å². The van der Waals surface area contributed by atoms with E-state index < -0.39 is 17.8 Å². The Morgan fingerprint density at radius 1 is 0.969 bits per heavy atom. The fourth-order valence-corrected chi connectivity index (χ4v) is 4.63. The van der Waals surface area contributed by atoms with E-state index in [0.717, 1.165) is 28.6 Å². The van der Waals surface area contributed by atoms with Crippen molar-refractivity contribution in [2.24, 2.45) is 0 Å².